The van der Waals surface area contributed by atoms with E-state index in [4.69, 9.17) is 20.8 Å². The molecule has 8 heteroatoms. The molecule has 1 aliphatic rings. The van der Waals surface area contributed by atoms with Gasteiger partial charge in [0.1, 0.15) is 23.2 Å². The molecular weight excluding hydrogens is 404 g/mol. The lowest BCUT2D eigenvalue weighted by atomic mass is 9.90. The van der Waals surface area contributed by atoms with Gasteiger partial charge in [0.05, 0.1) is 11.2 Å². The number of benzene rings is 1. The first kappa shape index (κ1) is 20.6. The Bertz CT molecular complexity index is 1070. The highest BCUT2D eigenvalue weighted by Gasteiger charge is 2.36. The first-order chi connectivity index (χ1) is 14.2. The molecule has 1 unspecified atom stereocenters. The third-order valence-electron chi connectivity index (χ3n) is 5.32. The van der Waals surface area contributed by atoms with Crippen molar-refractivity contribution in [1.29, 1.82) is 0 Å². The van der Waals surface area contributed by atoms with Crippen molar-refractivity contribution in [2.45, 2.75) is 39.7 Å². The van der Waals surface area contributed by atoms with E-state index in [-0.39, 0.29) is 11.5 Å². The van der Waals surface area contributed by atoms with Crippen molar-refractivity contribution in [3.8, 4) is 11.3 Å². The summed E-state index contributed by atoms with van der Waals surface area (Å²) in [5.41, 5.74) is 2.75. The Kier molecular flexibility index (Phi) is 5.18. The number of rotatable bonds is 4. The maximum absolute atomic E-state index is 12.0. The van der Waals surface area contributed by atoms with E-state index >= 15 is 0 Å². The molecule has 0 saturated carbocycles. The largest absolute Gasteiger partial charge is 0.444 e. The number of aromatic nitrogens is 2. The number of hydrogen-bond acceptors (Lipinski definition) is 5. The van der Waals surface area contributed by atoms with Crippen molar-refractivity contribution >= 4 is 29.1 Å². The van der Waals surface area contributed by atoms with E-state index in [0.29, 0.717) is 17.3 Å². The Labute approximate surface area is 180 Å². The van der Waals surface area contributed by atoms with Crippen LogP contribution in [0.5, 0.6) is 0 Å². The summed E-state index contributed by atoms with van der Waals surface area (Å²) in [6.45, 7) is 9.93. The summed E-state index contributed by atoms with van der Waals surface area (Å²) >= 11 is 6.35. The molecule has 1 atom stereocenters. The summed E-state index contributed by atoms with van der Waals surface area (Å²) in [4.78, 5) is 14.3. The lowest BCUT2D eigenvalue weighted by Crippen LogP contribution is -2.40. The summed E-state index contributed by atoms with van der Waals surface area (Å²) in [7, 11) is 0. The second kappa shape index (κ2) is 7.54. The van der Waals surface area contributed by atoms with Crippen molar-refractivity contribution in [3.63, 3.8) is 0 Å². The molecule has 3 aromatic rings. The van der Waals surface area contributed by atoms with Crippen LogP contribution in [0.15, 0.2) is 41.1 Å². The van der Waals surface area contributed by atoms with Gasteiger partial charge in [0.25, 0.3) is 0 Å². The number of amides is 1. The third-order valence-corrected chi connectivity index (χ3v) is 5.65. The molecule has 0 spiro atoms. The fourth-order valence-electron chi connectivity index (χ4n) is 3.81. The van der Waals surface area contributed by atoms with Crippen molar-refractivity contribution < 1.29 is 13.9 Å². The smallest absolute Gasteiger partial charge is 0.407 e. The number of nitrogens with one attached hydrogen (secondary N) is 1. The van der Waals surface area contributed by atoms with Gasteiger partial charge in [0, 0.05) is 30.6 Å². The molecule has 0 radical (unpaired) electrons. The van der Waals surface area contributed by atoms with Crippen molar-refractivity contribution in [2.75, 3.05) is 24.5 Å². The molecule has 7 nitrogen and oxygen atoms in total. The minimum Gasteiger partial charge on any atom is -0.444 e. The highest BCUT2D eigenvalue weighted by atomic mass is 35.5. The summed E-state index contributed by atoms with van der Waals surface area (Å²) in [6, 6.07) is 7.63. The van der Waals surface area contributed by atoms with Gasteiger partial charge in [-0.25, -0.2) is 4.79 Å². The van der Waals surface area contributed by atoms with Gasteiger partial charge < -0.3 is 19.4 Å². The Morgan fingerprint density at radius 3 is 2.87 bits per heavy atom. The van der Waals surface area contributed by atoms with Crippen molar-refractivity contribution in [2.24, 2.45) is 5.41 Å². The van der Waals surface area contributed by atoms with E-state index in [2.05, 4.69) is 22.2 Å². The van der Waals surface area contributed by atoms with Gasteiger partial charge in [0.2, 0.25) is 5.71 Å². The van der Waals surface area contributed by atoms with E-state index in [1.54, 1.807) is 10.8 Å². The summed E-state index contributed by atoms with van der Waals surface area (Å²) in [5, 5.41) is 8.10. The van der Waals surface area contributed by atoms with Crippen LogP contribution in [0.1, 0.15) is 34.1 Å². The Morgan fingerprint density at radius 1 is 1.37 bits per heavy atom. The zero-order valence-electron chi connectivity index (χ0n) is 17.7. The van der Waals surface area contributed by atoms with Crippen molar-refractivity contribution in [1.82, 2.24) is 14.9 Å². The summed E-state index contributed by atoms with van der Waals surface area (Å²) in [5.74, 6) is 0. The van der Waals surface area contributed by atoms with Crippen LogP contribution in [0.3, 0.4) is 0 Å². The molecule has 1 aromatic carbocycles. The molecular formula is C22H27ClN4O3. The number of fused-ring (bicyclic) bond motifs is 1. The molecule has 1 fully saturated rings. The van der Waals surface area contributed by atoms with Gasteiger partial charge in [-0.2, -0.15) is 9.61 Å². The molecule has 160 valence electrons. The van der Waals surface area contributed by atoms with E-state index in [0.717, 1.165) is 36.5 Å². The number of carbonyl (C=O) groups is 1. The van der Waals surface area contributed by atoms with Gasteiger partial charge in [-0.3, -0.25) is 0 Å². The van der Waals surface area contributed by atoms with Gasteiger partial charge in [-0.05, 0) is 33.3 Å². The van der Waals surface area contributed by atoms with Gasteiger partial charge >= 0.3 is 6.09 Å². The predicted octanol–water partition coefficient (Wildman–Crippen LogP) is 4.99. The zero-order valence-corrected chi connectivity index (χ0v) is 18.5. The fraction of sp³-hybridized carbons (Fsp3) is 0.455. The maximum Gasteiger partial charge on any atom is 0.407 e. The SMILES string of the molecule is CC1(CNC(=O)OC(C)(C)C)CCN(c2cnn3c(-c4ccccc4Cl)coc23)C1. The Balaban J connectivity index is 1.48. The van der Waals surface area contributed by atoms with Crippen LogP contribution in [-0.4, -0.2) is 40.9 Å². The number of anilines is 1. The number of alkyl carbamates (subject to hydrolysis) is 1. The van der Waals surface area contributed by atoms with Gasteiger partial charge in [0.15, 0.2) is 0 Å². The van der Waals surface area contributed by atoms with Crippen LogP contribution in [0.4, 0.5) is 10.5 Å². The molecule has 4 rings (SSSR count). The summed E-state index contributed by atoms with van der Waals surface area (Å²) < 4.78 is 13.0. The predicted molar refractivity (Wildman–Crippen MR) is 117 cm³/mol. The minimum atomic E-state index is -0.505. The molecule has 1 N–H and O–H groups in total. The number of ether oxygens (including phenoxy) is 1. The van der Waals surface area contributed by atoms with Crippen LogP contribution in [-0.2, 0) is 4.74 Å². The van der Waals surface area contributed by atoms with Crippen molar-refractivity contribution in [3.05, 3.63) is 41.7 Å². The van der Waals surface area contributed by atoms with E-state index in [9.17, 15) is 4.79 Å². The fourth-order valence-corrected chi connectivity index (χ4v) is 4.04. The molecule has 0 bridgehead atoms. The van der Waals surface area contributed by atoms with Crippen LogP contribution in [0.2, 0.25) is 5.02 Å². The topological polar surface area (TPSA) is 72.0 Å². The van der Waals surface area contributed by atoms with Crippen LogP contribution in [0, 0.1) is 5.41 Å². The monoisotopic (exact) mass is 430 g/mol. The lowest BCUT2D eigenvalue weighted by molar-refractivity contribution is 0.0507. The summed E-state index contributed by atoms with van der Waals surface area (Å²) in [6.07, 6.45) is 4.07. The average Bonchev–Trinajstić information content (AvgIpc) is 3.35. The highest BCUT2D eigenvalue weighted by Crippen LogP contribution is 2.37. The molecule has 2 aromatic heterocycles. The number of carbonyl (C=O) groups excluding carboxylic acids is 1. The number of oxazole rings is 1. The number of halogens is 1. The molecule has 1 aliphatic heterocycles. The molecule has 0 aliphatic carbocycles. The minimum absolute atomic E-state index is 0.0661. The van der Waals surface area contributed by atoms with Crippen LogP contribution >= 0.6 is 11.6 Å². The second-order valence-electron chi connectivity index (χ2n) is 9.19. The maximum atomic E-state index is 12.0. The van der Waals surface area contributed by atoms with Crippen LogP contribution < -0.4 is 10.2 Å². The van der Waals surface area contributed by atoms with Crippen LogP contribution in [0.25, 0.3) is 17.0 Å². The number of nitrogens with zero attached hydrogens (tertiary/aromatic N) is 3. The van der Waals surface area contributed by atoms with E-state index < -0.39 is 5.60 Å². The first-order valence-corrected chi connectivity index (χ1v) is 10.4. The normalized spacial score (nSPS) is 19.4. The number of hydrogen-bond donors (Lipinski definition) is 1. The molecule has 1 amide bonds. The molecule has 30 heavy (non-hydrogen) atoms. The lowest BCUT2D eigenvalue weighted by Gasteiger charge is -2.26. The third kappa shape index (κ3) is 4.12. The van der Waals surface area contributed by atoms with Gasteiger partial charge in [-0.15, -0.1) is 0 Å². The zero-order chi connectivity index (χ0) is 21.5. The van der Waals surface area contributed by atoms with E-state index in [1.165, 1.54) is 0 Å². The first-order valence-electron chi connectivity index (χ1n) is 10.1. The Morgan fingerprint density at radius 2 is 2.13 bits per heavy atom. The Hall–Kier alpha value is -2.67. The van der Waals surface area contributed by atoms with Gasteiger partial charge in [-0.1, -0.05) is 36.7 Å². The molecule has 3 heterocycles. The highest BCUT2D eigenvalue weighted by molar-refractivity contribution is 6.33. The average molecular weight is 431 g/mol. The second-order valence-corrected chi connectivity index (χ2v) is 9.59. The molecule has 1 saturated heterocycles. The van der Waals surface area contributed by atoms with E-state index in [1.807, 2.05) is 51.2 Å². The quantitative estimate of drug-likeness (QED) is 0.631. The standard InChI is InChI=1S/C22H27ClN4O3/c1-21(2,3)30-20(28)24-13-22(4)9-10-26(14-22)17-11-25-27-18(12-29-19(17)27)15-7-5-6-8-16(15)23/h5-8,11-12H,9-10,13-14H2,1-4H3,(H,24,28).